The van der Waals surface area contributed by atoms with Crippen molar-refractivity contribution in [2.24, 2.45) is 11.8 Å². The van der Waals surface area contributed by atoms with Gasteiger partial charge in [0.2, 0.25) is 0 Å². The summed E-state index contributed by atoms with van der Waals surface area (Å²) in [5.74, 6) is 1.31. The summed E-state index contributed by atoms with van der Waals surface area (Å²) in [6, 6.07) is 0. The van der Waals surface area contributed by atoms with Crippen LogP contribution in [0, 0.1) is 11.8 Å². The molecule has 3 aliphatic rings. The Labute approximate surface area is 134 Å². The van der Waals surface area contributed by atoms with Crippen molar-refractivity contribution in [3.05, 3.63) is 0 Å². The second-order valence-corrected chi connectivity index (χ2v) is 9.65. The van der Waals surface area contributed by atoms with Gasteiger partial charge >= 0.3 is 0 Å². The number of amides is 1. The first kappa shape index (κ1) is 16.3. The number of carbonyl (C=O) groups excluding carboxylic acids is 1. The summed E-state index contributed by atoms with van der Waals surface area (Å²) in [7, 11) is 0. The van der Waals surface area contributed by atoms with Crippen LogP contribution in [0.1, 0.15) is 73.6 Å². The highest BCUT2D eigenvalue weighted by atomic mass is 16.6. The molecule has 2 N–H and O–H groups in total. The van der Waals surface area contributed by atoms with Gasteiger partial charge in [-0.2, -0.15) is 0 Å². The molecule has 0 aromatic heterocycles. The molecule has 126 valence electrons. The number of ether oxygens (including phenoxy) is 1. The van der Waals surface area contributed by atoms with E-state index in [2.05, 4.69) is 52.2 Å². The molecule has 2 atom stereocenters. The fraction of sp³-hybridized carbons (Fsp3) is 0.944. The Kier molecular flexibility index (Phi) is 3.47. The predicted molar refractivity (Wildman–Crippen MR) is 87.4 cm³/mol. The summed E-state index contributed by atoms with van der Waals surface area (Å²) in [6.07, 6.45) is 4.59. The van der Waals surface area contributed by atoms with E-state index in [9.17, 15) is 4.79 Å². The van der Waals surface area contributed by atoms with Crippen LogP contribution in [0.5, 0.6) is 0 Å². The molecule has 0 aromatic carbocycles. The Morgan fingerprint density at radius 2 is 1.50 bits per heavy atom. The van der Waals surface area contributed by atoms with Crippen LogP contribution in [0.15, 0.2) is 0 Å². The Hall–Kier alpha value is -0.610. The minimum absolute atomic E-state index is 0.101. The zero-order valence-corrected chi connectivity index (χ0v) is 15.0. The second kappa shape index (κ2) is 4.70. The van der Waals surface area contributed by atoms with Crippen molar-refractivity contribution in [3.63, 3.8) is 0 Å². The lowest BCUT2D eigenvalue weighted by Crippen LogP contribution is -2.65. The van der Waals surface area contributed by atoms with Crippen molar-refractivity contribution >= 4 is 5.91 Å². The first-order valence-electron chi connectivity index (χ1n) is 8.77. The number of hydrogen-bond acceptors (Lipinski definition) is 3. The van der Waals surface area contributed by atoms with Gasteiger partial charge in [0.25, 0.3) is 5.91 Å². The number of nitrogens with one attached hydrogen (secondary N) is 2. The molecule has 2 saturated heterocycles. The smallest absolute Gasteiger partial charge is 0.254 e. The molecule has 1 saturated carbocycles. The Morgan fingerprint density at radius 3 is 2.00 bits per heavy atom. The van der Waals surface area contributed by atoms with Crippen molar-refractivity contribution in [2.75, 3.05) is 0 Å². The maximum Gasteiger partial charge on any atom is 0.254 e. The summed E-state index contributed by atoms with van der Waals surface area (Å²) in [5.41, 5.74) is -1.31. The van der Waals surface area contributed by atoms with Crippen LogP contribution < -0.4 is 10.6 Å². The van der Waals surface area contributed by atoms with E-state index in [1.54, 1.807) is 0 Å². The minimum Gasteiger partial charge on any atom is -0.339 e. The highest BCUT2D eigenvalue weighted by Crippen LogP contribution is 2.49. The van der Waals surface area contributed by atoms with Crippen LogP contribution in [0.4, 0.5) is 0 Å². The summed E-state index contributed by atoms with van der Waals surface area (Å²) in [4.78, 5) is 12.9. The predicted octanol–water partition coefficient (Wildman–Crippen LogP) is 2.96. The highest BCUT2D eigenvalue weighted by Gasteiger charge is 2.62. The number of rotatable bonds is 0. The van der Waals surface area contributed by atoms with Crippen LogP contribution in [0.3, 0.4) is 0 Å². The Morgan fingerprint density at radius 1 is 1.00 bits per heavy atom. The van der Waals surface area contributed by atoms with Gasteiger partial charge in [0, 0.05) is 23.9 Å². The first-order valence-corrected chi connectivity index (χ1v) is 8.77. The van der Waals surface area contributed by atoms with Crippen LogP contribution in [0.2, 0.25) is 0 Å². The normalized spacial score (nSPS) is 42.5. The zero-order chi connectivity index (χ0) is 16.4. The Bertz CT molecular complexity index is 457. The maximum absolute atomic E-state index is 12.9. The number of piperidine rings is 1. The number of hydrogen-bond donors (Lipinski definition) is 2. The molecule has 4 heteroatoms. The van der Waals surface area contributed by atoms with E-state index in [0.717, 1.165) is 25.7 Å². The van der Waals surface area contributed by atoms with Gasteiger partial charge in [0.1, 0.15) is 5.72 Å². The molecule has 2 aliphatic heterocycles. The van der Waals surface area contributed by atoms with E-state index in [1.807, 2.05) is 0 Å². The number of carbonyl (C=O) groups is 1. The monoisotopic (exact) mass is 308 g/mol. The molecule has 2 heterocycles. The molecule has 3 fully saturated rings. The lowest BCUT2D eigenvalue weighted by molar-refractivity contribution is -0.175. The van der Waals surface area contributed by atoms with Crippen molar-refractivity contribution in [3.8, 4) is 0 Å². The van der Waals surface area contributed by atoms with Gasteiger partial charge < -0.3 is 15.4 Å². The third kappa shape index (κ3) is 2.80. The molecular formula is C18H32N2O2. The maximum atomic E-state index is 12.9. The van der Waals surface area contributed by atoms with Crippen molar-refractivity contribution in [1.29, 1.82) is 0 Å². The van der Waals surface area contributed by atoms with E-state index in [4.69, 9.17) is 4.74 Å². The van der Waals surface area contributed by atoms with Crippen molar-refractivity contribution < 1.29 is 9.53 Å². The molecular weight excluding hydrogens is 276 g/mol. The summed E-state index contributed by atoms with van der Waals surface area (Å²) in [6.45, 7) is 13.2. The lowest BCUT2D eigenvalue weighted by Gasteiger charge is -2.50. The average Bonchev–Trinajstić information content (AvgIpc) is 2.42. The second-order valence-electron chi connectivity index (χ2n) is 9.65. The summed E-state index contributed by atoms with van der Waals surface area (Å²) < 4.78 is 6.64. The molecule has 1 amide bonds. The molecule has 1 aliphatic carbocycles. The summed E-state index contributed by atoms with van der Waals surface area (Å²) >= 11 is 0. The topological polar surface area (TPSA) is 50.4 Å². The van der Waals surface area contributed by atoms with Gasteiger partial charge in [-0.1, -0.05) is 13.8 Å². The van der Waals surface area contributed by atoms with Crippen LogP contribution in [0.25, 0.3) is 0 Å². The van der Waals surface area contributed by atoms with Crippen LogP contribution in [-0.4, -0.2) is 28.3 Å². The van der Waals surface area contributed by atoms with E-state index in [0.29, 0.717) is 11.8 Å². The van der Waals surface area contributed by atoms with Gasteiger partial charge in [0.05, 0.1) is 0 Å². The highest BCUT2D eigenvalue weighted by molar-refractivity contribution is 5.88. The SMILES string of the molecule is CC1CC(C)CC2(C1)NC(=O)C1(CC(C)(C)NC(C)(C)C1)O2. The fourth-order valence-electron chi connectivity index (χ4n) is 5.74. The zero-order valence-electron chi connectivity index (χ0n) is 15.0. The van der Waals surface area contributed by atoms with Crippen molar-refractivity contribution in [1.82, 2.24) is 10.6 Å². The first-order chi connectivity index (χ1) is 9.95. The average molecular weight is 308 g/mol. The molecule has 0 bridgehead atoms. The van der Waals surface area contributed by atoms with Gasteiger partial charge in [-0.3, -0.25) is 4.79 Å². The summed E-state index contributed by atoms with van der Waals surface area (Å²) in [5, 5.41) is 6.93. The van der Waals surface area contributed by atoms with E-state index in [1.165, 1.54) is 6.42 Å². The van der Waals surface area contributed by atoms with E-state index < -0.39 is 11.3 Å². The third-order valence-corrected chi connectivity index (χ3v) is 5.44. The van der Waals surface area contributed by atoms with Gasteiger partial charge in [0.15, 0.2) is 5.60 Å². The fourth-order valence-corrected chi connectivity index (χ4v) is 5.74. The largest absolute Gasteiger partial charge is 0.339 e. The molecule has 3 rings (SSSR count). The van der Waals surface area contributed by atoms with Crippen molar-refractivity contribution in [2.45, 2.75) is 96.1 Å². The minimum atomic E-state index is -0.672. The van der Waals surface area contributed by atoms with Gasteiger partial charge in [-0.15, -0.1) is 0 Å². The lowest BCUT2D eigenvalue weighted by atomic mass is 9.72. The third-order valence-electron chi connectivity index (χ3n) is 5.44. The molecule has 2 spiro atoms. The molecule has 4 nitrogen and oxygen atoms in total. The molecule has 22 heavy (non-hydrogen) atoms. The Balaban J connectivity index is 1.91. The van der Waals surface area contributed by atoms with Gasteiger partial charge in [-0.25, -0.2) is 0 Å². The van der Waals surface area contributed by atoms with Crippen LogP contribution in [-0.2, 0) is 9.53 Å². The van der Waals surface area contributed by atoms with Gasteiger partial charge in [-0.05, 0) is 58.8 Å². The standard InChI is InChI=1S/C18H32N2O2/c1-12-7-13(2)9-18(8-12)19-14(21)17(22-18)10-15(3,4)20-16(5,6)11-17/h12-13,20H,7-11H2,1-6H3,(H,19,21). The molecule has 0 aromatic rings. The van der Waals surface area contributed by atoms with Crippen LogP contribution >= 0.6 is 0 Å². The van der Waals surface area contributed by atoms with E-state index >= 15 is 0 Å². The van der Waals surface area contributed by atoms with E-state index in [-0.39, 0.29) is 17.0 Å². The molecule has 2 unspecified atom stereocenters. The quantitative estimate of drug-likeness (QED) is 0.723. The molecule has 0 radical (unpaired) electrons.